The molecular weight excluding hydrogens is 190 g/mol. The molecule has 0 fully saturated rings. The van der Waals surface area contributed by atoms with Gasteiger partial charge in [0.2, 0.25) is 0 Å². The molecule has 2 atom stereocenters. The fourth-order valence-electron chi connectivity index (χ4n) is 0.503. The summed E-state index contributed by atoms with van der Waals surface area (Å²) in [6, 6.07) is -1.13. The van der Waals surface area contributed by atoms with Gasteiger partial charge in [-0.2, -0.15) is 0 Å². The van der Waals surface area contributed by atoms with E-state index in [-0.39, 0.29) is 6.61 Å². The Labute approximate surface area is 83.0 Å². The number of carbonyl (C=O) groups is 1. The number of hydrogen-bond donors (Lipinski definition) is 5. The lowest BCUT2D eigenvalue weighted by molar-refractivity contribution is -0.139. The first-order valence-electron chi connectivity index (χ1n) is 4.37. The Morgan fingerprint density at radius 1 is 1.36 bits per heavy atom. The first-order chi connectivity index (χ1) is 6.49. The number of nitrogens with two attached hydrogens (primary N) is 1. The van der Waals surface area contributed by atoms with E-state index in [0.717, 1.165) is 6.42 Å². The molecule has 0 heterocycles. The SMILES string of the molecule is CCCC(O)CO.N[C@@H](CO)C(=O)O. The van der Waals surface area contributed by atoms with E-state index >= 15 is 0 Å². The van der Waals surface area contributed by atoms with Gasteiger partial charge >= 0.3 is 5.97 Å². The highest BCUT2D eigenvalue weighted by atomic mass is 16.4. The molecule has 0 saturated heterocycles. The first kappa shape index (κ1) is 15.8. The summed E-state index contributed by atoms with van der Waals surface area (Å²) in [5, 5.41) is 32.7. The van der Waals surface area contributed by atoms with Gasteiger partial charge < -0.3 is 26.2 Å². The molecule has 0 spiro atoms. The number of carboxylic acids is 1. The van der Waals surface area contributed by atoms with E-state index in [1.54, 1.807) is 0 Å². The summed E-state index contributed by atoms with van der Waals surface area (Å²) in [5.74, 6) is -1.18. The second-order valence-corrected chi connectivity index (χ2v) is 2.75. The molecule has 0 aromatic rings. The van der Waals surface area contributed by atoms with Crippen LogP contribution < -0.4 is 5.73 Å². The summed E-state index contributed by atoms with van der Waals surface area (Å²) in [6.07, 6.45) is 1.14. The predicted molar refractivity (Wildman–Crippen MR) is 50.7 cm³/mol. The molecule has 0 aromatic carbocycles. The van der Waals surface area contributed by atoms with Gasteiger partial charge in [-0.15, -0.1) is 0 Å². The number of aliphatic hydroxyl groups excluding tert-OH is 3. The third-order valence-corrected chi connectivity index (χ3v) is 1.35. The molecule has 0 saturated carbocycles. The van der Waals surface area contributed by atoms with Crippen LogP contribution in [0, 0.1) is 0 Å². The quantitative estimate of drug-likeness (QED) is 0.376. The summed E-state index contributed by atoms with van der Waals surface area (Å²) in [6.45, 7) is 1.36. The molecule has 6 N–H and O–H groups in total. The van der Waals surface area contributed by atoms with Crippen LogP contribution in [-0.4, -0.2) is 51.8 Å². The number of carboxylic acid groups (broad SMARTS) is 1. The molecule has 0 aliphatic rings. The van der Waals surface area contributed by atoms with Gasteiger partial charge in [0.25, 0.3) is 0 Å². The summed E-state index contributed by atoms with van der Waals surface area (Å²) in [4.78, 5) is 9.65. The third kappa shape index (κ3) is 11.3. The van der Waals surface area contributed by atoms with Crippen molar-refractivity contribution in [1.29, 1.82) is 0 Å². The van der Waals surface area contributed by atoms with Gasteiger partial charge in [0.15, 0.2) is 0 Å². The Morgan fingerprint density at radius 2 is 1.86 bits per heavy atom. The van der Waals surface area contributed by atoms with Crippen LogP contribution in [0.2, 0.25) is 0 Å². The van der Waals surface area contributed by atoms with Crippen molar-refractivity contribution < 1.29 is 25.2 Å². The lowest BCUT2D eigenvalue weighted by Gasteiger charge is -2.01. The maximum atomic E-state index is 9.65. The number of aliphatic carboxylic acids is 1. The number of hydrogen-bond acceptors (Lipinski definition) is 5. The molecule has 1 unspecified atom stereocenters. The lowest BCUT2D eigenvalue weighted by Crippen LogP contribution is -2.33. The monoisotopic (exact) mass is 209 g/mol. The molecule has 0 bridgehead atoms. The van der Waals surface area contributed by atoms with Crippen molar-refractivity contribution in [3.8, 4) is 0 Å². The average Bonchev–Trinajstić information content (AvgIpc) is 2.17. The number of rotatable bonds is 5. The van der Waals surface area contributed by atoms with E-state index in [1.165, 1.54) is 0 Å². The van der Waals surface area contributed by atoms with Gasteiger partial charge in [-0.05, 0) is 6.42 Å². The maximum absolute atomic E-state index is 9.65. The normalized spacial score (nSPS) is 13.8. The lowest BCUT2D eigenvalue weighted by atomic mass is 10.2. The van der Waals surface area contributed by atoms with Gasteiger partial charge in [-0.25, -0.2) is 0 Å². The Balaban J connectivity index is 0. The van der Waals surface area contributed by atoms with Gasteiger partial charge in [0, 0.05) is 0 Å². The summed E-state index contributed by atoms with van der Waals surface area (Å²) in [5.41, 5.74) is 4.77. The van der Waals surface area contributed by atoms with Crippen LogP contribution in [0.1, 0.15) is 19.8 Å². The van der Waals surface area contributed by atoms with Crippen molar-refractivity contribution in [2.24, 2.45) is 5.73 Å². The van der Waals surface area contributed by atoms with Crippen molar-refractivity contribution >= 4 is 5.97 Å². The van der Waals surface area contributed by atoms with E-state index in [4.69, 9.17) is 26.2 Å². The predicted octanol–water partition coefficient (Wildman–Crippen LogP) is -1.47. The zero-order valence-electron chi connectivity index (χ0n) is 8.26. The van der Waals surface area contributed by atoms with E-state index in [0.29, 0.717) is 6.42 Å². The zero-order chi connectivity index (χ0) is 11.6. The molecule has 14 heavy (non-hydrogen) atoms. The van der Waals surface area contributed by atoms with Crippen LogP contribution >= 0.6 is 0 Å². The highest BCUT2D eigenvalue weighted by molar-refractivity contribution is 5.73. The molecule has 0 aromatic heterocycles. The largest absolute Gasteiger partial charge is 0.480 e. The Bertz CT molecular complexity index is 142. The molecule has 0 aliphatic heterocycles. The molecule has 0 amide bonds. The smallest absolute Gasteiger partial charge is 0.322 e. The fourth-order valence-corrected chi connectivity index (χ4v) is 0.503. The molecule has 86 valence electrons. The number of aliphatic hydroxyl groups is 3. The molecular formula is C8H19NO5. The summed E-state index contributed by atoms with van der Waals surface area (Å²) in [7, 11) is 0. The Hall–Kier alpha value is -0.690. The van der Waals surface area contributed by atoms with E-state index in [2.05, 4.69) is 0 Å². The van der Waals surface area contributed by atoms with Crippen molar-refractivity contribution in [1.82, 2.24) is 0 Å². The Morgan fingerprint density at radius 3 is 1.93 bits per heavy atom. The zero-order valence-corrected chi connectivity index (χ0v) is 8.26. The van der Waals surface area contributed by atoms with Crippen LogP contribution in [0.3, 0.4) is 0 Å². The summed E-state index contributed by atoms with van der Waals surface area (Å²) >= 11 is 0. The highest BCUT2D eigenvalue weighted by Crippen LogP contribution is 1.92. The van der Waals surface area contributed by atoms with Crippen LogP contribution in [0.4, 0.5) is 0 Å². The molecule has 6 nitrogen and oxygen atoms in total. The summed E-state index contributed by atoms with van der Waals surface area (Å²) < 4.78 is 0. The molecule has 0 radical (unpaired) electrons. The molecule has 0 aliphatic carbocycles. The highest BCUT2D eigenvalue weighted by Gasteiger charge is 2.06. The topological polar surface area (TPSA) is 124 Å². The Kier molecular flexibility index (Phi) is 11.7. The van der Waals surface area contributed by atoms with Crippen molar-refractivity contribution in [3.05, 3.63) is 0 Å². The fraction of sp³-hybridized carbons (Fsp3) is 0.875. The van der Waals surface area contributed by atoms with Crippen molar-refractivity contribution in [2.45, 2.75) is 31.9 Å². The van der Waals surface area contributed by atoms with Crippen LogP contribution in [0.15, 0.2) is 0 Å². The van der Waals surface area contributed by atoms with Crippen molar-refractivity contribution in [2.75, 3.05) is 13.2 Å². The average molecular weight is 209 g/mol. The van der Waals surface area contributed by atoms with Crippen LogP contribution in [-0.2, 0) is 4.79 Å². The first-order valence-corrected chi connectivity index (χ1v) is 4.37. The second kappa shape index (κ2) is 10.4. The van der Waals surface area contributed by atoms with Gasteiger partial charge in [0.05, 0.1) is 19.3 Å². The van der Waals surface area contributed by atoms with Crippen LogP contribution in [0.5, 0.6) is 0 Å². The van der Waals surface area contributed by atoms with E-state index < -0.39 is 24.7 Å². The van der Waals surface area contributed by atoms with E-state index in [9.17, 15) is 4.79 Å². The van der Waals surface area contributed by atoms with Crippen LogP contribution in [0.25, 0.3) is 0 Å². The third-order valence-electron chi connectivity index (χ3n) is 1.35. The standard InChI is InChI=1S/C5H12O2.C3H7NO3/c1-2-3-5(7)4-6;4-2(1-5)3(6)7/h5-7H,2-4H2,1H3;2,5H,1,4H2,(H,6,7)/t;2-/m.0/s1. The van der Waals surface area contributed by atoms with Crippen molar-refractivity contribution in [3.63, 3.8) is 0 Å². The minimum atomic E-state index is -1.18. The van der Waals surface area contributed by atoms with Gasteiger partial charge in [-0.3, -0.25) is 4.79 Å². The minimum Gasteiger partial charge on any atom is -0.480 e. The van der Waals surface area contributed by atoms with E-state index in [1.807, 2.05) is 6.92 Å². The van der Waals surface area contributed by atoms with Gasteiger partial charge in [0.1, 0.15) is 6.04 Å². The minimum absolute atomic E-state index is 0.103. The molecule has 6 heteroatoms. The maximum Gasteiger partial charge on any atom is 0.322 e. The molecule has 0 rings (SSSR count). The van der Waals surface area contributed by atoms with Gasteiger partial charge in [-0.1, -0.05) is 13.3 Å². The second-order valence-electron chi connectivity index (χ2n) is 2.75.